The molecule has 3 aliphatic heterocycles. The Bertz CT molecular complexity index is 760. The number of rotatable bonds is 4. The van der Waals surface area contributed by atoms with E-state index < -0.39 is 0 Å². The average molecular weight is 335 g/mol. The Morgan fingerprint density at radius 1 is 1.28 bits per heavy atom. The average Bonchev–Trinajstić information content (AvgIpc) is 2.77. The Morgan fingerprint density at radius 3 is 2.96 bits per heavy atom. The van der Waals surface area contributed by atoms with Gasteiger partial charge in [-0.3, -0.25) is 14.8 Å². The zero-order chi connectivity index (χ0) is 17.2. The van der Waals surface area contributed by atoms with Crippen molar-refractivity contribution in [2.24, 2.45) is 5.92 Å². The van der Waals surface area contributed by atoms with Gasteiger partial charge in [0.2, 0.25) is 0 Å². The van der Waals surface area contributed by atoms with Crippen LogP contribution in [-0.4, -0.2) is 45.4 Å². The van der Waals surface area contributed by atoms with Gasteiger partial charge in [0.1, 0.15) is 6.07 Å². The largest absolute Gasteiger partial charge is 0.360 e. The molecule has 5 heterocycles. The molecule has 0 radical (unpaired) electrons. The normalized spacial score (nSPS) is 24.2. The first-order valence-electron chi connectivity index (χ1n) is 9.15. The number of pyridine rings is 1. The van der Waals surface area contributed by atoms with Crippen molar-refractivity contribution >= 4 is 0 Å². The Kier molecular flexibility index (Phi) is 4.56. The highest BCUT2D eigenvalue weighted by atomic mass is 15.3. The SMILES string of the molecule is Cc1[nH]c(CN2C[C@H]3CC[C@@H]2CN(Cc2cccnc2)C3)cc1C#N. The van der Waals surface area contributed by atoms with E-state index in [4.69, 9.17) is 5.26 Å². The van der Waals surface area contributed by atoms with Crippen molar-refractivity contribution in [2.75, 3.05) is 19.6 Å². The lowest BCUT2D eigenvalue weighted by atomic mass is 9.95. The minimum atomic E-state index is 0.601. The second-order valence-corrected chi connectivity index (χ2v) is 7.53. The number of piperidine rings is 1. The van der Waals surface area contributed by atoms with Gasteiger partial charge in [-0.1, -0.05) is 6.07 Å². The van der Waals surface area contributed by atoms with Crippen LogP contribution >= 0.6 is 0 Å². The molecule has 2 atom stereocenters. The fraction of sp³-hybridized carbons (Fsp3) is 0.500. The molecule has 130 valence electrons. The lowest BCUT2D eigenvalue weighted by Crippen LogP contribution is -2.43. The zero-order valence-corrected chi connectivity index (χ0v) is 14.8. The lowest BCUT2D eigenvalue weighted by Gasteiger charge is -2.35. The molecule has 5 rings (SSSR count). The summed E-state index contributed by atoms with van der Waals surface area (Å²) in [5.41, 5.74) is 4.22. The highest BCUT2D eigenvalue weighted by Gasteiger charge is 2.34. The van der Waals surface area contributed by atoms with Crippen LogP contribution in [0.5, 0.6) is 0 Å². The van der Waals surface area contributed by atoms with E-state index in [1.54, 1.807) is 0 Å². The lowest BCUT2D eigenvalue weighted by molar-refractivity contribution is 0.122. The van der Waals surface area contributed by atoms with Crippen molar-refractivity contribution in [3.05, 3.63) is 53.1 Å². The predicted octanol–water partition coefficient (Wildman–Crippen LogP) is 2.69. The topological polar surface area (TPSA) is 59.0 Å². The summed E-state index contributed by atoms with van der Waals surface area (Å²) in [4.78, 5) is 12.8. The third kappa shape index (κ3) is 3.60. The molecular weight excluding hydrogens is 310 g/mol. The molecule has 5 heteroatoms. The van der Waals surface area contributed by atoms with Gasteiger partial charge in [-0.25, -0.2) is 0 Å². The van der Waals surface area contributed by atoms with E-state index in [2.05, 4.69) is 31.9 Å². The molecule has 0 unspecified atom stereocenters. The number of fused-ring (bicyclic) bond motifs is 4. The van der Waals surface area contributed by atoms with E-state index in [0.29, 0.717) is 6.04 Å². The highest BCUT2D eigenvalue weighted by molar-refractivity contribution is 5.35. The monoisotopic (exact) mass is 335 g/mol. The second kappa shape index (κ2) is 6.99. The smallest absolute Gasteiger partial charge is 0.101 e. The summed E-state index contributed by atoms with van der Waals surface area (Å²) in [6, 6.07) is 9.08. The Labute approximate surface area is 149 Å². The van der Waals surface area contributed by atoms with Crippen LogP contribution in [0.25, 0.3) is 0 Å². The highest BCUT2D eigenvalue weighted by Crippen LogP contribution is 2.30. The van der Waals surface area contributed by atoms with Crippen molar-refractivity contribution < 1.29 is 0 Å². The van der Waals surface area contributed by atoms with E-state index in [0.717, 1.165) is 43.4 Å². The maximum absolute atomic E-state index is 9.17. The number of aryl methyl sites for hydroxylation is 1. The van der Waals surface area contributed by atoms with E-state index in [9.17, 15) is 0 Å². The van der Waals surface area contributed by atoms with Crippen LogP contribution in [0.2, 0.25) is 0 Å². The van der Waals surface area contributed by atoms with Gasteiger partial charge in [0.25, 0.3) is 0 Å². The minimum absolute atomic E-state index is 0.601. The number of hydrogen-bond acceptors (Lipinski definition) is 4. The summed E-state index contributed by atoms with van der Waals surface area (Å²) in [5, 5.41) is 9.17. The summed E-state index contributed by atoms with van der Waals surface area (Å²) >= 11 is 0. The third-order valence-corrected chi connectivity index (χ3v) is 5.60. The molecule has 2 aromatic heterocycles. The van der Waals surface area contributed by atoms with E-state index >= 15 is 0 Å². The van der Waals surface area contributed by atoms with E-state index in [1.165, 1.54) is 30.6 Å². The Balaban J connectivity index is 1.45. The van der Waals surface area contributed by atoms with Gasteiger partial charge in [-0.15, -0.1) is 0 Å². The number of hydrogen-bond donors (Lipinski definition) is 1. The van der Waals surface area contributed by atoms with Gasteiger partial charge < -0.3 is 4.98 Å². The molecular formula is C20H25N5. The standard InChI is InChI=1S/C20H25N5/c1-15-18(8-21)7-19(23-15)13-25-12-17-4-5-20(25)14-24(11-17)10-16-3-2-6-22-9-16/h2-3,6-7,9,17,20,23H,4-5,10-14H2,1H3/t17-,20+/m0/s1. The summed E-state index contributed by atoms with van der Waals surface area (Å²) in [6.45, 7) is 7.35. The first-order valence-corrected chi connectivity index (χ1v) is 9.15. The third-order valence-electron chi connectivity index (χ3n) is 5.60. The van der Waals surface area contributed by atoms with Crippen molar-refractivity contribution in [1.82, 2.24) is 19.8 Å². The molecule has 0 amide bonds. The number of aromatic nitrogens is 2. The zero-order valence-electron chi connectivity index (χ0n) is 14.8. The fourth-order valence-corrected chi connectivity index (χ4v) is 4.40. The molecule has 0 saturated carbocycles. The number of nitrogens with one attached hydrogen (secondary N) is 1. The first-order chi connectivity index (χ1) is 12.2. The van der Waals surface area contributed by atoms with Crippen LogP contribution in [0.1, 0.15) is 35.4 Å². The van der Waals surface area contributed by atoms with Crippen LogP contribution in [0.4, 0.5) is 0 Å². The van der Waals surface area contributed by atoms with Gasteiger partial charge in [0, 0.05) is 62.5 Å². The van der Waals surface area contributed by atoms with Crippen molar-refractivity contribution in [1.29, 1.82) is 5.26 Å². The first kappa shape index (κ1) is 16.3. The summed E-state index contributed by atoms with van der Waals surface area (Å²) < 4.78 is 0. The number of nitrogens with zero attached hydrogens (tertiary/aromatic N) is 4. The van der Waals surface area contributed by atoms with Gasteiger partial charge >= 0.3 is 0 Å². The molecule has 3 fully saturated rings. The van der Waals surface area contributed by atoms with Gasteiger partial charge in [-0.2, -0.15) is 5.26 Å². The molecule has 2 aromatic rings. The minimum Gasteiger partial charge on any atom is -0.360 e. The second-order valence-electron chi connectivity index (χ2n) is 7.53. The summed E-state index contributed by atoms with van der Waals surface area (Å²) in [7, 11) is 0. The van der Waals surface area contributed by atoms with E-state index in [-0.39, 0.29) is 0 Å². The Morgan fingerprint density at radius 2 is 2.20 bits per heavy atom. The molecule has 5 nitrogen and oxygen atoms in total. The Hall–Kier alpha value is -2.16. The number of H-pyrrole nitrogens is 1. The summed E-state index contributed by atoms with van der Waals surface area (Å²) in [6.07, 6.45) is 6.43. The van der Waals surface area contributed by atoms with Gasteiger partial charge in [-0.05, 0) is 43.4 Å². The van der Waals surface area contributed by atoms with Crippen LogP contribution in [0.3, 0.4) is 0 Å². The van der Waals surface area contributed by atoms with Gasteiger partial charge in [0.05, 0.1) is 5.56 Å². The quantitative estimate of drug-likeness (QED) is 0.933. The van der Waals surface area contributed by atoms with Crippen molar-refractivity contribution in [2.45, 2.75) is 38.9 Å². The van der Waals surface area contributed by atoms with Gasteiger partial charge in [0.15, 0.2) is 0 Å². The van der Waals surface area contributed by atoms with Crippen LogP contribution in [0, 0.1) is 24.2 Å². The molecule has 1 N–H and O–H groups in total. The predicted molar refractivity (Wildman–Crippen MR) is 96.7 cm³/mol. The maximum Gasteiger partial charge on any atom is 0.101 e. The molecule has 3 saturated heterocycles. The van der Waals surface area contributed by atoms with Crippen LogP contribution in [0.15, 0.2) is 30.6 Å². The van der Waals surface area contributed by atoms with E-state index in [1.807, 2.05) is 31.5 Å². The molecule has 0 spiro atoms. The molecule has 0 aliphatic carbocycles. The summed E-state index contributed by atoms with van der Waals surface area (Å²) in [5.74, 6) is 0.738. The molecule has 3 aliphatic rings. The van der Waals surface area contributed by atoms with Crippen LogP contribution < -0.4 is 0 Å². The number of nitriles is 1. The van der Waals surface area contributed by atoms with Crippen LogP contribution in [-0.2, 0) is 13.1 Å². The van der Waals surface area contributed by atoms with Crippen molar-refractivity contribution in [3.63, 3.8) is 0 Å². The molecule has 2 bridgehead atoms. The molecule has 0 aromatic carbocycles. The fourth-order valence-electron chi connectivity index (χ4n) is 4.40. The molecule has 25 heavy (non-hydrogen) atoms. The maximum atomic E-state index is 9.17. The number of aromatic amines is 1. The van der Waals surface area contributed by atoms with Crippen molar-refractivity contribution in [3.8, 4) is 6.07 Å².